The highest BCUT2D eigenvalue weighted by Gasteiger charge is 2.10. The molecule has 0 fully saturated rings. The van der Waals surface area contributed by atoms with Crippen molar-refractivity contribution in [3.8, 4) is 0 Å². The van der Waals surface area contributed by atoms with Crippen molar-refractivity contribution in [1.82, 2.24) is 10.3 Å². The van der Waals surface area contributed by atoms with Crippen LogP contribution in [0.3, 0.4) is 0 Å². The first-order valence-electron chi connectivity index (χ1n) is 6.69. The lowest BCUT2D eigenvalue weighted by molar-refractivity contribution is -0.122. The van der Waals surface area contributed by atoms with Crippen LogP contribution in [-0.2, 0) is 11.2 Å². The molecule has 0 bridgehead atoms. The minimum absolute atomic E-state index is 0.00464. The van der Waals surface area contributed by atoms with Crippen LogP contribution in [-0.4, -0.2) is 28.6 Å². The van der Waals surface area contributed by atoms with Crippen LogP contribution < -0.4 is 5.32 Å². The maximum atomic E-state index is 11.8. The summed E-state index contributed by atoms with van der Waals surface area (Å²) >= 11 is 0. The Morgan fingerprint density at radius 2 is 2.21 bits per heavy atom. The highest BCUT2D eigenvalue weighted by atomic mass is 16.3. The second-order valence-electron chi connectivity index (χ2n) is 4.71. The molecule has 4 nitrogen and oxygen atoms in total. The van der Waals surface area contributed by atoms with Gasteiger partial charge in [-0.05, 0) is 24.5 Å². The summed E-state index contributed by atoms with van der Waals surface area (Å²) in [5.41, 5.74) is 2.25. The van der Waals surface area contributed by atoms with Gasteiger partial charge in [0, 0.05) is 23.5 Å². The minimum Gasteiger partial charge on any atom is -0.394 e. The third-order valence-corrected chi connectivity index (χ3v) is 3.37. The van der Waals surface area contributed by atoms with E-state index in [1.807, 2.05) is 31.3 Å². The van der Waals surface area contributed by atoms with E-state index < -0.39 is 0 Å². The molecule has 3 N–H and O–H groups in total. The fourth-order valence-corrected chi connectivity index (χ4v) is 2.16. The van der Waals surface area contributed by atoms with Gasteiger partial charge in [0.05, 0.1) is 12.6 Å². The van der Waals surface area contributed by atoms with Crippen LogP contribution in [0.4, 0.5) is 0 Å². The first-order chi connectivity index (χ1) is 9.24. The molecule has 0 radical (unpaired) electrons. The maximum Gasteiger partial charge on any atom is 0.220 e. The van der Waals surface area contributed by atoms with E-state index in [0.717, 1.165) is 17.5 Å². The number of carbonyl (C=O) groups excluding carboxylic acids is 1. The van der Waals surface area contributed by atoms with E-state index in [4.69, 9.17) is 5.11 Å². The number of aromatic nitrogens is 1. The Hall–Kier alpha value is -1.81. The molecule has 1 atom stereocenters. The van der Waals surface area contributed by atoms with Crippen molar-refractivity contribution in [2.75, 3.05) is 6.61 Å². The Morgan fingerprint density at radius 1 is 1.42 bits per heavy atom. The average Bonchev–Trinajstić information content (AvgIpc) is 2.86. The summed E-state index contributed by atoms with van der Waals surface area (Å²) < 4.78 is 0. The SMILES string of the molecule is CC[C@@H](CO)NC(=O)CCc1c[nH]c2ccccc12. The smallest absolute Gasteiger partial charge is 0.220 e. The highest BCUT2D eigenvalue weighted by molar-refractivity contribution is 5.84. The second kappa shape index (κ2) is 6.38. The number of H-pyrrole nitrogens is 1. The summed E-state index contributed by atoms with van der Waals surface area (Å²) in [6.45, 7) is 1.94. The van der Waals surface area contributed by atoms with Crippen molar-refractivity contribution in [3.63, 3.8) is 0 Å². The van der Waals surface area contributed by atoms with Crippen LogP contribution in [0.5, 0.6) is 0 Å². The van der Waals surface area contributed by atoms with E-state index in [1.165, 1.54) is 5.39 Å². The molecule has 0 saturated carbocycles. The van der Waals surface area contributed by atoms with Crippen LogP contribution in [0.25, 0.3) is 10.9 Å². The Bertz CT molecular complexity index is 544. The zero-order chi connectivity index (χ0) is 13.7. The predicted octanol–water partition coefficient (Wildman–Crippen LogP) is 1.99. The van der Waals surface area contributed by atoms with Crippen molar-refractivity contribution in [1.29, 1.82) is 0 Å². The van der Waals surface area contributed by atoms with Crippen molar-refractivity contribution >= 4 is 16.8 Å². The van der Waals surface area contributed by atoms with E-state index in [-0.39, 0.29) is 18.6 Å². The lowest BCUT2D eigenvalue weighted by Crippen LogP contribution is -2.36. The van der Waals surface area contributed by atoms with Gasteiger partial charge in [0.15, 0.2) is 0 Å². The van der Waals surface area contributed by atoms with Crippen LogP contribution in [0, 0.1) is 0 Å². The number of aliphatic hydroxyl groups excluding tert-OH is 1. The number of carbonyl (C=O) groups is 1. The molecule has 0 aliphatic rings. The second-order valence-corrected chi connectivity index (χ2v) is 4.71. The number of benzene rings is 1. The predicted molar refractivity (Wildman–Crippen MR) is 75.9 cm³/mol. The number of hydrogen-bond acceptors (Lipinski definition) is 2. The summed E-state index contributed by atoms with van der Waals surface area (Å²) in [6.07, 6.45) is 3.85. The molecule has 0 spiro atoms. The topological polar surface area (TPSA) is 65.1 Å². The fraction of sp³-hybridized carbons (Fsp3) is 0.400. The molecule has 0 unspecified atom stereocenters. The van der Waals surface area contributed by atoms with Gasteiger partial charge in [-0.2, -0.15) is 0 Å². The van der Waals surface area contributed by atoms with Crippen LogP contribution in [0.2, 0.25) is 0 Å². The number of amides is 1. The van der Waals surface area contributed by atoms with Gasteiger partial charge in [0.2, 0.25) is 5.91 Å². The number of para-hydroxylation sites is 1. The lowest BCUT2D eigenvalue weighted by Gasteiger charge is -2.13. The third-order valence-electron chi connectivity index (χ3n) is 3.37. The molecule has 2 aromatic rings. The Balaban J connectivity index is 1.93. The molecule has 1 aromatic carbocycles. The minimum atomic E-state index is -0.129. The van der Waals surface area contributed by atoms with E-state index in [2.05, 4.69) is 16.4 Å². The maximum absolute atomic E-state index is 11.8. The van der Waals surface area contributed by atoms with E-state index in [9.17, 15) is 4.79 Å². The average molecular weight is 260 g/mol. The summed E-state index contributed by atoms with van der Waals surface area (Å²) in [7, 11) is 0. The van der Waals surface area contributed by atoms with Crippen molar-refractivity contribution in [2.45, 2.75) is 32.2 Å². The van der Waals surface area contributed by atoms with Crippen LogP contribution in [0.1, 0.15) is 25.3 Å². The lowest BCUT2D eigenvalue weighted by atomic mass is 10.1. The Morgan fingerprint density at radius 3 is 2.95 bits per heavy atom. The van der Waals surface area contributed by atoms with Crippen molar-refractivity contribution < 1.29 is 9.90 Å². The number of fused-ring (bicyclic) bond motifs is 1. The van der Waals surface area contributed by atoms with Gasteiger partial charge in [0.1, 0.15) is 0 Å². The molecule has 0 saturated heterocycles. The fourth-order valence-electron chi connectivity index (χ4n) is 2.16. The summed E-state index contributed by atoms with van der Waals surface area (Å²) in [5.74, 6) is -0.00817. The van der Waals surface area contributed by atoms with Gasteiger partial charge in [0.25, 0.3) is 0 Å². The number of hydrogen-bond donors (Lipinski definition) is 3. The van der Waals surface area contributed by atoms with Gasteiger partial charge in [-0.3, -0.25) is 4.79 Å². The van der Waals surface area contributed by atoms with Gasteiger partial charge in [-0.25, -0.2) is 0 Å². The number of aryl methyl sites for hydroxylation is 1. The third kappa shape index (κ3) is 3.35. The number of rotatable bonds is 6. The van der Waals surface area contributed by atoms with E-state index >= 15 is 0 Å². The van der Waals surface area contributed by atoms with Crippen LogP contribution in [0.15, 0.2) is 30.5 Å². The first kappa shape index (κ1) is 13.6. The molecule has 102 valence electrons. The molecule has 4 heteroatoms. The number of aliphatic hydroxyl groups is 1. The standard InChI is InChI=1S/C15H20N2O2/c1-2-12(10-18)17-15(19)8-7-11-9-16-14-6-4-3-5-13(11)14/h3-6,9,12,16,18H,2,7-8,10H2,1H3,(H,17,19)/t12-/m0/s1. The van der Waals surface area contributed by atoms with Gasteiger partial charge in [-0.15, -0.1) is 0 Å². The van der Waals surface area contributed by atoms with E-state index in [1.54, 1.807) is 0 Å². The molecule has 1 aromatic heterocycles. The Kier molecular flexibility index (Phi) is 4.58. The number of nitrogens with one attached hydrogen (secondary N) is 2. The molecule has 19 heavy (non-hydrogen) atoms. The van der Waals surface area contributed by atoms with E-state index in [0.29, 0.717) is 12.8 Å². The normalized spacial score (nSPS) is 12.5. The highest BCUT2D eigenvalue weighted by Crippen LogP contribution is 2.18. The zero-order valence-corrected chi connectivity index (χ0v) is 11.1. The summed E-state index contributed by atoms with van der Waals surface area (Å²) in [5, 5.41) is 13.0. The molecule has 1 amide bonds. The van der Waals surface area contributed by atoms with Crippen molar-refractivity contribution in [2.24, 2.45) is 0 Å². The quantitative estimate of drug-likeness (QED) is 0.743. The first-order valence-corrected chi connectivity index (χ1v) is 6.69. The molecular weight excluding hydrogens is 240 g/mol. The largest absolute Gasteiger partial charge is 0.394 e. The zero-order valence-electron chi connectivity index (χ0n) is 11.1. The Labute approximate surface area is 112 Å². The van der Waals surface area contributed by atoms with Crippen molar-refractivity contribution in [3.05, 3.63) is 36.0 Å². The molecular formula is C15H20N2O2. The van der Waals surface area contributed by atoms with Gasteiger partial charge >= 0.3 is 0 Å². The number of aromatic amines is 1. The molecule has 2 rings (SSSR count). The molecule has 1 heterocycles. The summed E-state index contributed by atoms with van der Waals surface area (Å²) in [4.78, 5) is 15.0. The molecule has 0 aliphatic carbocycles. The monoisotopic (exact) mass is 260 g/mol. The molecule has 0 aliphatic heterocycles. The van der Waals surface area contributed by atoms with Crippen LogP contribution >= 0.6 is 0 Å². The van der Waals surface area contributed by atoms with Gasteiger partial charge < -0.3 is 15.4 Å². The summed E-state index contributed by atoms with van der Waals surface area (Å²) in [6, 6.07) is 7.94. The van der Waals surface area contributed by atoms with Gasteiger partial charge in [-0.1, -0.05) is 25.1 Å².